The molecule has 5 nitrogen and oxygen atoms in total. The average molecular weight is 324 g/mol. The van der Waals surface area contributed by atoms with Crippen LogP contribution in [0.1, 0.15) is 49.3 Å². The van der Waals surface area contributed by atoms with Gasteiger partial charge in [-0.05, 0) is 50.2 Å². The highest BCUT2D eigenvalue weighted by molar-refractivity contribution is 5.77. The predicted molar refractivity (Wildman–Crippen MR) is 91.4 cm³/mol. The number of hydrogen-bond acceptors (Lipinski definition) is 3. The minimum Gasteiger partial charge on any atom is -0.337 e. The number of aromatic nitrogens is 3. The molecule has 2 atom stereocenters. The van der Waals surface area contributed by atoms with Crippen LogP contribution in [-0.2, 0) is 11.2 Å². The Bertz CT molecular complexity index is 698. The monoisotopic (exact) mass is 324 g/mol. The van der Waals surface area contributed by atoms with Gasteiger partial charge in [-0.3, -0.25) is 4.79 Å². The van der Waals surface area contributed by atoms with Crippen LogP contribution in [0.5, 0.6) is 0 Å². The van der Waals surface area contributed by atoms with Crippen LogP contribution in [0, 0.1) is 6.92 Å². The van der Waals surface area contributed by atoms with Gasteiger partial charge in [-0.2, -0.15) is 15.0 Å². The molecule has 0 spiro atoms. The van der Waals surface area contributed by atoms with Crippen molar-refractivity contribution < 1.29 is 4.79 Å². The van der Waals surface area contributed by atoms with Gasteiger partial charge < -0.3 is 4.90 Å². The number of piperidine rings is 1. The molecule has 0 aliphatic carbocycles. The summed E-state index contributed by atoms with van der Waals surface area (Å²) in [6, 6.07) is 9.43. The van der Waals surface area contributed by atoms with Gasteiger partial charge in [0.15, 0.2) is 0 Å². The first kappa shape index (κ1) is 15.4. The zero-order chi connectivity index (χ0) is 16.5. The number of nitrogens with zero attached hydrogens (tertiary/aromatic N) is 4. The Morgan fingerprint density at radius 2 is 1.75 bits per heavy atom. The lowest BCUT2D eigenvalue weighted by Crippen LogP contribution is -2.47. The van der Waals surface area contributed by atoms with Gasteiger partial charge in [0.05, 0.1) is 18.4 Å². The van der Waals surface area contributed by atoms with Crippen LogP contribution in [0.15, 0.2) is 36.7 Å². The van der Waals surface area contributed by atoms with Crippen molar-refractivity contribution in [3.63, 3.8) is 0 Å². The van der Waals surface area contributed by atoms with Gasteiger partial charge >= 0.3 is 0 Å². The summed E-state index contributed by atoms with van der Waals surface area (Å²) in [4.78, 5) is 16.8. The first-order chi connectivity index (χ1) is 11.7. The van der Waals surface area contributed by atoms with E-state index in [-0.39, 0.29) is 0 Å². The summed E-state index contributed by atoms with van der Waals surface area (Å²) in [5.74, 6) is 0.317. The van der Waals surface area contributed by atoms with Gasteiger partial charge in [0.1, 0.15) is 0 Å². The second kappa shape index (κ2) is 6.38. The molecule has 3 heterocycles. The smallest absolute Gasteiger partial charge is 0.223 e. The van der Waals surface area contributed by atoms with Crippen LogP contribution in [0.3, 0.4) is 0 Å². The Balaban J connectivity index is 1.40. The Morgan fingerprint density at radius 1 is 1.08 bits per heavy atom. The first-order valence-electron chi connectivity index (χ1n) is 8.94. The van der Waals surface area contributed by atoms with E-state index in [2.05, 4.69) is 46.3 Å². The van der Waals surface area contributed by atoms with E-state index in [0.717, 1.165) is 32.1 Å². The Kier molecular flexibility index (Phi) is 4.08. The third-order valence-electron chi connectivity index (χ3n) is 5.63. The van der Waals surface area contributed by atoms with Crippen LogP contribution in [0.4, 0.5) is 0 Å². The summed E-state index contributed by atoms with van der Waals surface area (Å²) in [6.45, 7) is 2.12. The second-order valence-electron chi connectivity index (χ2n) is 7.09. The molecule has 2 saturated heterocycles. The fraction of sp³-hybridized carbons (Fsp3) is 0.526. The standard InChI is InChI=1S/C19H24N4O/c1-14-4-2-3-5-15(14)6-9-19(24)22-16-7-8-17(22)13-18(12-16)23-20-10-11-21-23/h2-5,10-11,16-18H,6-9,12-13H2,1H3. The molecule has 126 valence electrons. The van der Waals surface area contributed by atoms with Crippen molar-refractivity contribution in [3.05, 3.63) is 47.8 Å². The topological polar surface area (TPSA) is 51.0 Å². The zero-order valence-electron chi connectivity index (χ0n) is 14.1. The molecule has 2 aliphatic heterocycles. The number of carbonyl (C=O) groups excluding carboxylic acids is 1. The molecule has 0 saturated carbocycles. The predicted octanol–water partition coefficient (Wildman–Crippen LogP) is 2.91. The van der Waals surface area contributed by atoms with E-state index in [1.165, 1.54) is 11.1 Å². The molecule has 24 heavy (non-hydrogen) atoms. The second-order valence-corrected chi connectivity index (χ2v) is 7.09. The highest BCUT2D eigenvalue weighted by Crippen LogP contribution is 2.40. The minimum absolute atomic E-state index is 0.317. The Morgan fingerprint density at radius 3 is 2.42 bits per heavy atom. The third kappa shape index (κ3) is 2.83. The number of benzene rings is 1. The van der Waals surface area contributed by atoms with E-state index in [9.17, 15) is 4.79 Å². The van der Waals surface area contributed by atoms with E-state index in [4.69, 9.17) is 0 Å². The minimum atomic E-state index is 0.317. The highest BCUT2D eigenvalue weighted by atomic mass is 16.2. The molecule has 0 N–H and O–H groups in total. The molecular formula is C19H24N4O. The molecule has 1 aromatic carbocycles. The maximum atomic E-state index is 12.8. The fourth-order valence-corrected chi connectivity index (χ4v) is 4.42. The molecule has 0 radical (unpaired) electrons. The quantitative estimate of drug-likeness (QED) is 0.869. The van der Waals surface area contributed by atoms with Gasteiger partial charge in [0.25, 0.3) is 0 Å². The van der Waals surface area contributed by atoms with Crippen LogP contribution in [0.2, 0.25) is 0 Å². The number of carbonyl (C=O) groups is 1. The molecule has 2 bridgehead atoms. The molecular weight excluding hydrogens is 300 g/mol. The maximum absolute atomic E-state index is 12.8. The van der Waals surface area contributed by atoms with Crippen molar-refractivity contribution in [1.82, 2.24) is 19.9 Å². The lowest BCUT2D eigenvalue weighted by molar-refractivity contribution is -0.136. The van der Waals surface area contributed by atoms with Gasteiger partial charge in [0, 0.05) is 18.5 Å². The van der Waals surface area contributed by atoms with Gasteiger partial charge in [-0.15, -0.1) is 0 Å². The zero-order valence-corrected chi connectivity index (χ0v) is 14.1. The van der Waals surface area contributed by atoms with Crippen LogP contribution >= 0.6 is 0 Å². The number of rotatable bonds is 4. The lowest BCUT2D eigenvalue weighted by atomic mass is 9.96. The van der Waals surface area contributed by atoms with Crippen molar-refractivity contribution >= 4 is 5.91 Å². The lowest BCUT2D eigenvalue weighted by Gasteiger charge is -2.38. The van der Waals surface area contributed by atoms with Crippen molar-refractivity contribution in [2.75, 3.05) is 0 Å². The molecule has 2 unspecified atom stereocenters. The summed E-state index contributed by atoms with van der Waals surface area (Å²) >= 11 is 0. The Labute approximate surface area is 142 Å². The SMILES string of the molecule is Cc1ccccc1CCC(=O)N1C2CCC1CC(n1nccn1)C2. The number of amides is 1. The number of hydrogen-bond donors (Lipinski definition) is 0. The number of aryl methyl sites for hydroxylation is 2. The van der Waals surface area contributed by atoms with E-state index >= 15 is 0 Å². The highest BCUT2D eigenvalue weighted by Gasteiger charge is 2.43. The Hall–Kier alpha value is -2.17. The fourth-order valence-electron chi connectivity index (χ4n) is 4.42. The largest absolute Gasteiger partial charge is 0.337 e. The summed E-state index contributed by atoms with van der Waals surface area (Å²) in [5.41, 5.74) is 2.56. The molecule has 1 amide bonds. The van der Waals surface area contributed by atoms with Crippen LogP contribution < -0.4 is 0 Å². The molecule has 5 heteroatoms. The average Bonchev–Trinajstić information content (AvgIpc) is 3.21. The van der Waals surface area contributed by atoms with E-state index in [1.54, 1.807) is 12.4 Å². The van der Waals surface area contributed by atoms with Crippen molar-refractivity contribution in [2.24, 2.45) is 0 Å². The van der Waals surface area contributed by atoms with Crippen molar-refractivity contribution in [1.29, 1.82) is 0 Å². The third-order valence-corrected chi connectivity index (χ3v) is 5.63. The normalized spacial score (nSPS) is 25.9. The molecule has 2 aliphatic rings. The van der Waals surface area contributed by atoms with Gasteiger partial charge in [-0.1, -0.05) is 24.3 Å². The molecule has 2 fully saturated rings. The van der Waals surface area contributed by atoms with Crippen molar-refractivity contribution in [3.8, 4) is 0 Å². The van der Waals surface area contributed by atoms with Gasteiger partial charge in [0.2, 0.25) is 5.91 Å². The summed E-state index contributed by atoms with van der Waals surface area (Å²) in [5, 5.41) is 8.59. The molecule has 2 aromatic rings. The van der Waals surface area contributed by atoms with Crippen molar-refractivity contribution in [2.45, 2.75) is 63.6 Å². The number of fused-ring (bicyclic) bond motifs is 2. The van der Waals surface area contributed by atoms with Gasteiger partial charge in [-0.25, -0.2) is 0 Å². The summed E-state index contributed by atoms with van der Waals surface area (Å²) in [6.07, 6.45) is 9.15. The van der Waals surface area contributed by atoms with E-state index < -0.39 is 0 Å². The first-order valence-corrected chi connectivity index (χ1v) is 8.94. The van der Waals surface area contributed by atoms with E-state index in [1.807, 2.05) is 4.80 Å². The van der Waals surface area contributed by atoms with Crippen LogP contribution in [-0.4, -0.2) is 37.9 Å². The maximum Gasteiger partial charge on any atom is 0.223 e. The van der Waals surface area contributed by atoms with Crippen LogP contribution in [0.25, 0.3) is 0 Å². The van der Waals surface area contributed by atoms with E-state index in [0.29, 0.717) is 30.5 Å². The summed E-state index contributed by atoms with van der Waals surface area (Å²) in [7, 11) is 0. The molecule has 4 rings (SSSR count). The molecule has 1 aromatic heterocycles. The summed E-state index contributed by atoms with van der Waals surface area (Å²) < 4.78 is 0.